The van der Waals surface area contributed by atoms with Crippen molar-refractivity contribution >= 4 is 44.2 Å². The van der Waals surface area contributed by atoms with Crippen molar-refractivity contribution in [2.45, 2.75) is 24.9 Å². The number of anilines is 1. The maximum atomic E-state index is 13.3. The van der Waals surface area contributed by atoms with Crippen LogP contribution in [0.3, 0.4) is 0 Å². The van der Waals surface area contributed by atoms with E-state index in [0.717, 1.165) is 20.9 Å². The number of nitrogens with one attached hydrogen (secondary N) is 1. The van der Waals surface area contributed by atoms with Gasteiger partial charge in [-0.3, -0.25) is 9.59 Å². The molecular formula is C28H26BrN5O4. The number of ether oxygens (including phenoxy) is 1. The standard InChI is InChI=1S/C28H26BrN5O4/c29-21-5-4-18-14-25(35)24(13-19(18)12-21)27(37)33-9-6-28(7-10-33)16-20(17-38-28)26(36)31-22-2-1-3-23(15-22)34-11-8-30-32-34/h1-5,8,11-15,20,35H,6-7,9-10,16-17H2,(H,31,36). The van der Waals surface area contributed by atoms with Gasteiger partial charge in [-0.15, -0.1) is 5.10 Å². The summed E-state index contributed by atoms with van der Waals surface area (Å²) < 4.78 is 8.73. The molecule has 38 heavy (non-hydrogen) atoms. The van der Waals surface area contributed by atoms with Crippen molar-refractivity contribution in [1.29, 1.82) is 0 Å². The molecule has 2 amide bonds. The SMILES string of the molecule is O=C(Nc1cccc(-n2ccnn2)c1)C1COC2(CCN(C(=O)c3cc4cc(Br)ccc4cc3O)CC2)C1. The van der Waals surface area contributed by atoms with E-state index in [1.54, 1.807) is 34.1 Å². The Morgan fingerprint density at radius 1 is 1.08 bits per heavy atom. The number of nitrogens with zero attached hydrogens (tertiary/aromatic N) is 4. The van der Waals surface area contributed by atoms with Gasteiger partial charge >= 0.3 is 0 Å². The summed E-state index contributed by atoms with van der Waals surface area (Å²) in [5.74, 6) is -0.566. The van der Waals surface area contributed by atoms with Gasteiger partial charge in [0.1, 0.15) is 5.75 Å². The van der Waals surface area contributed by atoms with Crippen LogP contribution < -0.4 is 5.32 Å². The van der Waals surface area contributed by atoms with Crippen molar-refractivity contribution in [2.24, 2.45) is 5.92 Å². The fourth-order valence-corrected chi connectivity index (χ4v) is 5.77. The number of halogens is 1. The molecule has 1 aromatic heterocycles. The topological polar surface area (TPSA) is 110 Å². The smallest absolute Gasteiger partial charge is 0.257 e. The summed E-state index contributed by atoms with van der Waals surface area (Å²) in [5.41, 5.74) is 1.37. The summed E-state index contributed by atoms with van der Waals surface area (Å²) in [6.45, 7) is 1.36. The molecule has 194 valence electrons. The lowest BCUT2D eigenvalue weighted by Crippen LogP contribution is -2.46. The van der Waals surface area contributed by atoms with E-state index >= 15 is 0 Å². The second-order valence-corrected chi connectivity index (χ2v) is 10.9. The molecule has 2 aliphatic rings. The minimum atomic E-state index is -0.419. The third kappa shape index (κ3) is 4.77. The van der Waals surface area contributed by atoms with Crippen LogP contribution in [0.5, 0.6) is 5.75 Å². The van der Waals surface area contributed by atoms with Gasteiger partial charge < -0.3 is 20.1 Å². The highest BCUT2D eigenvalue weighted by Gasteiger charge is 2.45. The van der Waals surface area contributed by atoms with Crippen LogP contribution in [0.15, 0.2) is 71.5 Å². The van der Waals surface area contributed by atoms with E-state index in [2.05, 4.69) is 31.6 Å². The fourth-order valence-electron chi connectivity index (χ4n) is 5.39. The van der Waals surface area contributed by atoms with Crippen molar-refractivity contribution in [3.05, 3.63) is 77.0 Å². The zero-order chi connectivity index (χ0) is 26.3. The molecule has 6 rings (SSSR count). The maximum absolute atomic E-state index is 13.3. The average molecular weight is 576 g/mol. The van der Waals surface area contributed by atoms with Crippen LogP contribution in [-0.2, 0) is 9.53 Å². The van der Waals surface area contributed by atoms with Crippen molar-refractivity contribution < 1.29 is 19.4 Å². The van der Waals surface area contributed by atoms with E-state index in [0.29, 0.717) is 50.2 Å². The molecule has 2 fully saturated rings. The van der Waals surface area contributed by atoms with Crippen LogP contribution in [-0.4, -0.2) is 62.1 Å². The number of carbonyl (C=O) groups is 2. The number of phenols is 1. The van der Waals surface area contributed by atoms with Gasteiger partial charge in [0, 0.05) is 23.2 Å². The molecule has 0 aliphatic carbocycles. The number of hydrogen-bond donors (Lipinski definition) is 2. The number of aromatic nitrogens is 3. The predicted octanol–water partition coefficient (Wildman–Crippen LogP) is 4.54. The van der Waals surface area contributed by atoms with Crippen LogP contribution in [0.2, 0.25) is 0 Å². The average Bonchev–Trinajstić information content (AvgIpc) is 3.60. The maximum Gasteiger partial charge on any atom is 0.257 e. The van der Waals surface area contributed by atoms with Crippen LogP contribution in [0, 0.1) is 5.92 Å². The van der Waals surface area contributed by atoms with E-state index in [1.807, 2.05) is 42.5 Å². The summed E-state index contributed by atoms with van der Waals surface area (Å²) >= 11 is 3.46. The molecule has 0 bridgehead atoms. The Morgan fingerprint density at radius 3 is 2.71 bits per heavy atom. The Bertz CT molecular complexity index is 1520. The fraction of sp³-hybridized carbons (Fsp3) is 0.286. The number of phenolic OH excluding ortho intramolecular Hbond substituents is 1. The van der Waals surface area contributed by atoms with E-state index in [-0.39, 0.29) is 23.5 Å². The van der Waals surface area contributed by atoms with Gasteiger partial charge in [-0.05, 0) is 72.5 Å². The summed E-state index contributed by atoms with van der Waals surface area (Å²) in [5, 5.41) is 23.1. The number of fused-ring (bicyclic) bond motifs is 1. The summed E-state index contributed by atoms with van der Waals surface area (Å²) in [6.07, 6.45) is 5.24. The Balaban J connectivity index is 1.08. The number of carbonyl (C=O) groups excluding carboxylic acids is 2. The highest BCUT2D eigenvalue weighted by atomic mass is 79.9. The molecular weight excluding hydrogens is 550 g/mol. The van der Waals surface area contributed by atoms with Gasteiger partial charge in [-0.1, -0.05) is 33.3 Å². The monoisotopic (exact) mass is 575 g/mol. The first kappa shape index (κ1) is 24.6. The number of benzene rings is 3. The minimum Gasteiger partial charge on any atom is -0.507 e. The number of likely N-dealkylation sites (tertiary alicyclic amines) is 1. The second-order valence-electron chi connectivity index (χ2n) is 9.94. The van der Waals surface area contributed by atoms with Gasteiger partial charge in [0.15, 0.2) is 0 Å². The third-order valence-corrected chi connectivity index (χ3v) is 7.98. The molecule has 1 unspecified atom stereocenters. The minimum absolute atomic E-state index is 0.0214. The lowest BCUT2D eigenvalue weighted by molar-refractivity contribution is -0.119. The lowest BCUT2D eigenvalue weighted by atomic mass is 9.85. The molecule has 4 aromatic rings. The quantitative estimate of drug-likeness (QED) is 0.370. The van der Waals surface area contributed by atoms with Gasteiger partial charge in [0.25, 0.3) is 5.91 Å². The largest absolute Gasteiger partial charge is 0.507 e. The molecule has 0 saturated carbocycles. The third-order valence-electron chi connectivity index (χ3n) is 7.49. The van der Waals surface area contributed by atoms with Crippen LogP contribution in [0.25, 0.3) is 16.5 Å². The van der Waals surface area contributed by atoms with Crippen molar-refractivity contribution in [3.8, 4) is 11.4 Å². The molecule has 2 N–H and O–H groups in total. The molecule has 0 radical (unpaired) electrons. The molecule has 1 spiro atoms. The van der Waals surface area contributed by atoms with Crippen LogP contribution >= 0.6 is 15.9 Å². The zero-order valence-electron chi connectivity index (χ0n) is 20.5. The van der Waals surface area contributed by atoms with Gasteiger partial charge in [0.05, 0.1) is 41.8 Å². The molecule has 2 aliphatic heterocycles. The van der Waals surface area contributed by atoms with Crippen LogP contribution in [0.1, 0.15) is 29.6 Å². The molecule has 1 atom stereocenters. The summed E-state index contributed by atoms with van der Waals surface area (Å²) in [6, 6.07) is 16.5. The molecule has 3 aromatic carbocycles. The molecule has 9 nitrogen and oxygen atoms in total. The number of hydrogen-bond acceptors (Lipinski definition) is 6. The number of aromatic hydroxyl groups is 1. The van der Waals surface area contributed by atoms with Crippen LogP contribution in [0.4, 0.5) is 5.69 Å². The van der Waals surface area contributed by atoms with E-state index in [4.69, 9.17) is 4.74 Å². The van der Waals surface area contributed by atoms with Gasteiger partial charge in [-0.2, -0.15) is 0 Å². The second kappa shape index (κ2) is 9.85. The van der Waals surface area contributed by atoms with Gasteiger partial charge in [0.2, 0.25) is 5.91 Å². The van der Waals surface area contributed by atoms with Crippen molar-refractivity contribution in [2.75, 3.05) is 25.0 Å². The lowest BCUT2D eigenvalue weighted by Gasteiger charge is -2.38. The first-order chi connectivity index (χ1) is 18.4. The van der Waals surface area contributed by atoms with E-state index in [1.165, 1.54) is 0 Å². The molecule has 3 heterocycles. The highest BCUT2D eigenvalue weighted by molar-refractivity contribution is 9.10. The van der Waals surface area contributed by atoms with E-state index < -0.39 is 5.60 Å². The zero-order valence-corrected chi connectivity index (χ0v) is 22.1. The van der Waals surface area contributed by atoms with Crippen molar-refractivity contribution in [3.63, 3.8) is 0 Å². The summed E-state index contributed by atoms with van der Waals surface area (Å²) in [7, 11) is 0. The number of piperidine rings is 1. The van der Waals surface area contributed by atoms with E-state index in [9.17, 15) is 14.7 Å². The predicted molar refractivity (Wildman–Crippen MR) is 145 cm³/mol. The first-order valence-corrected chi connectivity index (χ1v) is 13.3. The number of amides is 2. The molecule has 2 saturated heterocycles. The first-order valence-electron chi connectivity index (χ1n) is 12.5. The Kier molecular flexibility index (Phi) is 6.37. The number of rotatable bonds is 4. The van der Waals surface area contributed by atoms with Crippen molar-refractivity contribution in [1.82, 2.24) is 19.9 Å². The molecule has 10 heteroatoms. The normalized spacial score (nSPS) is 18.7. The highest BCUT2D eigenvalue weighted by Crippen LogP contribution is 2.40. The Hall–Kier alpha value is -3.76. The summed E-state index contributed by atoms with van der Waals surface area (Å²) in [4.78, 5) is 28.1. The Morgan fingerprint density at radius 2 is 1.92 bits per heavy atom. The Labute approximate surface area is 227 Å². The van der Waals surface area contributed by atoms with Gasteiger partial charge in [-0.25, -0.2) is 4.68 Å².